The lowest BCUT2D eigenvalue weighted by Gasteiger charge is -2.40. The van der Waals surface area contributed by atoms with Crippen LogP contribution in [0.3, 0.4) is 0 Å². The molecule has 19 heavy (non-hydrogen) atoms. The molecule has 1 saturated heterocycles. The van der Waals surface area contributed by atoms with Gasteiger partial charge in [-0.3, -0.25) is 14.4 Å². The van der Waals surface area contributed by atoms with Crippen LogP contribution in [-0.4, -0.2) is 71.5 Å². The fourth-order valence-electron chi connectivity index (χ4n) is 2.17. The Morgan fingerprint density at radius 2 is 2.00 bits per heavy atom. The molecule has 1 rings (SSSR count). The van der Waals surface area contributed by atoms with Crippen molar-refractivity contribution >= 4 is 17.8 Å². The molecule has 0 radical (unpaired) electrons. The molecular formula is C11H20N4O4. The summed E-state index contributed by atoms with van der Waals surface area (Å²) in [7, 11) is 0. The number of hydrogen-bond donors (Lipinski definition) is 3. The zero-order valence-corrected chi connectivity index (χ0v) is 10.7. The van der Waals surface area contributed by atoms with E-state index in [0.717, 1.165) is 0 Å². The molecule has 108 valence electrons. The summed E-state index contributed by atoms with van der Waals surface area (Å²) in [5.74, 6) is -1.71. The molecule has 1 atom stereocenters. The Hall–Kier alpha value is -1.67. The number of hydrogen-bond acceptors (Lipinski definition) is 5. The van der Waals surface area contributed by atoms with Crippen molar-refractivity contribution < 1.29 is 19.5 Å². The average Bonchev–Trinajstić information content (AvgIpc) is 2.38. The summed E-state index contributed by atoms with van der Waals surface area (Å²) in [4.78, 5) is 37.3. The van der Waals surface area contributed by atoms with Crippen LogP contribution in [-0.2, 0) is 14.4 Å². The standard InChI is InChI=1S/C11H20N4O4/c12-3-1-2-8-11(19)14(7-10(17)18)4-5-15(8)9(16)6-13/h8H,1-7,12-13H2,(H,17,18). The Balaban J connectivity index is 2.80. The molecule has 2 amide bonds. The summed E-state index contributed by atoms with van der Waals surface area (Å²) in [6.07, 6.45) is 1.02. The van der Waals surface area contributed by atoms with Gasteiger partial charge < -0.3 is 26.4 Å². The third-order valence-electron chi connectivity index (χ3n) is 3.09. The number of rotatable bonds is 6. The third kappa shape index (κ3) is 3.90. The molecule has 5 N–H and O–H groups in total. The van der Waals surface area contributed by atoms with E-state index in [4.69, 9.17) is 16.6 Å². The van der Waals surface area contributed by atoms with Crippen molar-refractivity contribution in [2.24, 2.45) is 11.5 Å². The Morgan fingerprint density at radius 3 is 2.53 bits per heavy atom. The van der Waals surface area contributed by atoms with Crippen molar-refractivity contribution in [2.75, 3.05) is 32.7 Å². The molecule has 0 aromatic carbocycles. The monoisotopic (exact) mass is 272 g/mol. The van der Waals surface area contributed by atoms with Gasteiger partial charge in [-0.2, -0.15) is 0 Å². The summed E-state index contributed by atoms with van der Waals surface area (Å²) in [5.41, 5.74) is 10.7. The minimum Gasteiger partial charge on any atom is -0.480 e. The normalized spacial score (nSPS) is 19.7. The van der Waals surface area contributed by atoms with Gasteiger partial charge in [0.1, 0.15) is 12.6 Å². The highest BCUT2D eigenvalue weighted by molar-refractivity contribution is 5.91. The fourth-order valence-corrected chi connectivity index (χ4v) is 2.17. The van der Waals surface area contributed by atoms with E-state index in [-0.39, 0.29) is 31.4 Å². The molecule has 0 bridgehead atoms. The zero-order chi connectivity index (χ0) is 14.4. The Bertz CT molecular complexity index is 361. The van der Waals surface area contributed by atoms with Crippen LogP contribution < -0.4 is 11.5 Å². The van der Waals surface area contributed by atoms with Crippen LogP contribution in [0.1, 0.15) is 12.8 Å². The molecule has 1 aliphatic heterocycles. The predicted octanol–water partition coefficient (Wildman–Crippen LogP) is -2.19. The molecule has 0 spiro atoms. The maximum Gasteiger partial charge on any atom is 0.323 e. The van der Waals surface area contributed by atoms with Crippen LogP contribution in [0.25, 0.3) is 0 Å². The van der Waals surface area contributed by atoms with E-state index in [2.05, 4.69) is 0 Å². The Morgan fingerprint density at radius 1 is 1.32 bits per heavy atom. The number of nitrogens with zero attached hydrogens (tertiary/aromatic N) is 2. The maximum atomic E-state index is 12.2. The third-order valence-corrected chi connectivity index (χ3v) is 3.09. The van der Waals surface area contributed by atoms with E-state index >= 15 is 0 Å². The van der Waals surface area contributed by atoms with Gasteiger partial charge in [0.05, 0.1) is 6.54 Å². The van der Waals surface area contributed by atoms with E-state index in [9.17, 15) is 14.4 Å². The molecule has 1 fully saturated rings. The van der Waals surface area contributed by atoms with Crippen LogP contribution >= 0.6 is 0 Å². The number of piperazine rings is 1. The van der Waals surface area contributed by atoms with Gasteiger partial charge in [-0.05, 0) is 19.4 Å². The summed E-state index contributed by atoms with van der Waals surface area (Å²) in [5, 5.41) is 8.75. The van der Waals surface area contributed by atoms with Gasteiger partial charge in [0.2, 0.25) is 11.8 Å². The molecule has 0 aromatic rings. The number of carbonyl (C=O) groups excluding carboxylic acids is 2. The highest BCUT2D eigenvalue weighted by atomic mass is 16.4. The lowest BCUT2D eigenvalue weighted by Crippen LogP contribution is -2.60. The van der Waals surface area contributed by atoms with E-state index in [1.807, 2.05) is 0 Å². The van der Waals surface area contributed by atoms with Gasteiger partial charge in [0.15, 0.2) is 0 Å². The number of carboxylic acid groups (broad SMARTS) is 1. The van der Waals surface area contributed by atoms with Gasteiger partial charge in [-0.15, -0.1) is 0 Å². The molecule has 0 saturated carbocycles. The second kappa shape index (κ2) is 7.05. The van der Waals surface area contributed by atoms with Crippen LogP contribution in [0.15, 0.2) is 0 Å². The minimum absolute atomic E-state index is 0.161. The SMILES string of the molecule is NCCCC1C(=O)N(CC(=O)O)CCN1C(=O)CN. The number of carboxylic acids is 1. The van der Waals surface area contributed by atoms with Crippen LogP contribution in [0.5, 0.6) is 0 Å². The van der Waals surface area contributed by atoms with Crippen LogP contribution in [0.4, 0.5) is 0 Å². The van der Waals surface area contributed by atoms with Gasteiger partial charge in [0.25, 0.3) is 0 Å². The van der Waals surface area contributed by atoms with Crippen molar-refractivity contribution in [1.29, 1.82) is 0 Å². The topological polar surface area (TPSA) is 130 Å². The summed E-state index contributed by atoms with van der Waals surface area (Å²) in [6, 6.07) is -0.646. The van der Waals surface area contributed by atoms with E-state index in [1.54, 1.807) is 0 Å². The van der Waals surface area contributed by atoms with Gasteiger partial charge in [-0.25, -0.2) is 0 Å². The Labute approximate surface area is 111 Å². The maximum absolute atomic E-state index is 12.2. The number of carbonyl (C=O) groups is 3. The summed E-state index contributed by atoms with van der Waals surface area (Å²) < 4.78 is 0. The van der Waals surface area contributed by atoms with Crippen molar-refractivity contribution in [3.8, 4) is 0 Å². The molecule has 8 heteroatoms. The number of nitrogens with two attached hydrogens (primary N) is 2. The average molecular weight is 272 g/mol. The Kier molecular flexibility index (Phi) is 5.71. The van der Waals surface area contributed by atoms with E-state index in [0.29, 0.717) is 25.9 Å². The molecule has 0 aromatic heterocycles. The largest absolute Gasteiger partial charge is 0.480 e. The van der Waals surface area contributed by atoms with Crippen molar-refractivity contribution in [3.05, 3.63) is 0 Å². The quantitative estimate of drug-likeness (QED) is 0.503. The number of aliphatic carboxylic acids is 1. The molecule has 8 nitrogen and oxygen atoms in total. The summed E-state index contributed by atoms with van der Waals surface area (Å²) >= 11 is 0. The molecule has 1 unspecified atom stereocenters. The smallest absolute Gasteiger partial charge is 0.323 e. The van der Waals surface area contributed by atoms with Crippen LogP contribution in [0.2, 0.25) is 0 Å². The lowest BCUT2D eigenvalue weighted by molar-refractivity contribution is -0.155. The van der Waals surface area contributed by atoms with Gasteiger partial charge in [-0.1, -0.05) is 0 Å². The van der Waals surface area contributed by atoms with Gasteiger partial charge in [0, 0.05) is 13.1 Å². The molecule has 1 aliphatic rings. The molecular weight excluding hydrogens is 252 g/mol. The second-order valence-corrected chi connectivity index (χ2v) is 4.39. The second-order valence-electron chi connectivity index (χ2n) is 4.39. The highest BCUT2D eigenvalue weighted by Crippen LogP contribution is 2.16. The number of amides is 2. The highest BCUT2D eigenvalue weighted by Gasteiger charge is 2.36. The first-order valence-corrected chi connectivity index (χ1v) is 6.21. The van der Waals surface area contributed by atoms with Crippen molar-refractivity contribution in [2.45, 2.75) is 18.9 Å². The molecule has 1 heterocycles. The lowest BCUT2D eigenvalue weighted by atomic mass is 10.0. The predicted molar refractivity (Wildman–Crippen MR) is 67.1 cm³/mol. The molecule has 0 aliphatic carbocycles. The zero-order valence-electron chi connectivity index (χ0n) is 10.7. The van der Waals surface area contributed by atoms with E-state index < -0.39 is 12.0 Å². The van der Waals surface area contributed by atoms with Crippen LogP contribution in [0, 0.1) is 0 Å². The first-order valence-electron chi connectivity index (χ1n) is 6.21. The van der Waals surface area contributed by atoms with E-state index in [1.165, 1.54) is 9.80 Å². The first kappa shape index (κ1) is 15.4. The fraction of sp³-hybridized carbons (Fsp3) is 0.727. The van der Waals surface area contributed by atoms with Gasteiger partial charge >= 0.3 is 5.97 Å². The van der Waals surface area contributed by atoms with Crippen molar-refractivity contribution in [1.82, 2.24) is 9.80 Å². The summed E-state index contributed by atoms with van der Waals surface area (Å²) in [6.45, 7) is 0.432. The minimum atomic E-state index is -1.07. The van der Waals surface area contributed by atoms with Crippen molar-refractivity contribution in [3.63, 3.8) is 0 Å². The first-order chi connectivity index (χ1) is 9.01.